The second kappa shape index (κ2) is 9.08. The summed E-state index contributed by atoms with van der Waals surface area (Å²) in [6.07, 6.45) is 3.48. The summed E-state index contributed by atoms with van der Waals surface area (Å²) in [5.74, 6) is 0.509. The van der Waals surface area contributed by atoms with E-state index in [1.165, 1.54) is 0 Å². The van der Waals surface area contributed by atoms with Crippen molar-refractivity contribution < 1.29 is 17.9 Å². The normalized spacial score (nSPS) is 22.6. The summed E-state index contributed by atoms with van der Waals surface area (Å²) in [7, 11) is -3.38. The van der Waals surface area contributed by atoms with Crippen molar-refractivity contribution in [2.45, 2.75) is 77.0 Å². The molecule has 0 radical (unpaired) electrons. The average molecular weight is 369 g/mol. The van der Waals surface area contributed by atoms with Gasteiger partial charge in [0, 0.05) is 11.4 Å². The highest BCUT2D eigenvalue weighted by Crippen LogP contribution is 2.22. The molecule has 136 valence electrons. The van der Waals surface area contributed by atoms with Gasteiger partial charge in [-0.1, -0.05) is 6.42 Å². The number of ether oxygens (including phenoxy) is 1. The number of unbranched alkanes of at least 4 members (excludes halogenated alkanes) is 1. The molecule has 1 aliphatic carbocycles. The molecular formula is C15H29ClN2O4S. The van der Waals surface area contributed by atoms with Gasteiger partial charge in [0.25, 0.3) is 0 Å². The summed E-state index contributed by atoms with van der Waals surface area (Å²) >= 11 is 5.58. The molecule has 6 nitrogen and oxygen atoms in total. The van der Waals surface area contributed by atoms with Gasteiger partial charge in [-0.25, -0.2) is 17.9 Å². The summed E-state index contributed by atoms with van der Waals surface area (Å²) in [4.78, 5) is 11.9. The predicted molar refractivity (Wildman–Crippen MR) is 92.3 cm³/mol. The second-order valence-electron chi connectivity index (χ2n) is 7.04. The fourth-order valence-corrected chi connectivity index (χ4v) is 4.14. The smallest absolute Gasteiger partial charge is 0.407 e. The lowest BCUT2D eigenvalue weighted by Gasteiger charge is -2.32. The van der Waals surface area contributed by atoms with Crippen molar-refractivity contribution in [1.82, 2.24) is 10.0 Å². The Bertz CT molecular complexity index is 476. The first-order valence-electron chi connectivity index (χ1n) is 8.18. The maximum absolute atomic E-state index is 12.1. The van der Waals surface area contributed by atoms with Crippen molar-refractivity contribution in [3.8, 4) is 0 Å². The topological polar surface area (TPSA) is 84.5 Å². The van der Waals surface area contributed by atoms with E-state index >= 15 is 0 Å². The fourth-order valence-electron chi connectivity index (χ4n) is 2.52. The maximum Gasteiger partial charge on any atom is 0.407 e. The van der Waals surface area contributed by atoms with E-state index in [0.717, 1.165) is 12.8 Å². The van der Waals surface area contributed by atoms with Crippen molar-refractivity contribution in [2.75, 3.05) is 11.6 Å². The number of carbonyl (C=O) groups excluding carboxylic acids is 1. The van der Waals surface area contributed by atoms with Crippen molar-refractivity contribution in [3.05, 3.63) is 0 Å². The highest BCUT2D eigenvalue weighted by molar-refractivity contribution is 7.89. The van der Waals surface area contributed by atoms with Crippen LogP contribution >= 0.6 is 11.6 Å². The van der Waals surface area contributed by atoms with Gasteiger partial charge in [0.05, 0.1) is 11.8 Å². The lowest BCUT2D eigenvalue weighted by molar-refractivity contribution is 0.0540. The van der Waals surface area contributed by atoms with Crippen molar-refractivity contribution in [2.24, 2.45) is 0 Å². The number of amides is 1. The number of alkyl halides is 1. The van der Waals surface area contributed by atoms with Gasteiger partial charge in [0.15, 0.2) is 0 Å². The van der Waals surface area contributed by atoms with Gasteiger partial charge in [-0.2, -0.15) is 0 Å². The minimum Gasteiger partial charge on any atom is -0.445 e. The Kier molecular flexibility index (Phi) is 8.10. The fraction of sp³-hybridized carbons (Fsp3) is 0.933. The summed E-state index contributed by atoms with van der Waals surface area (Å²) in [5.41, 5.74) is -0.387. The van der Waals surface area contributed by atoms with Gasteiger partial charge in [-0.15, -0.1) is 11.6 Å². The Morgan fingerprint density at radius 3 is 2.48 bits per heavy atom. The number of sulfonamides is 1. The van der Waals surface area contributed by atoms with Crippen LogP contribution in [-0.2, 0) is 14.8 Å². The highest BCUT2D eigenvalue weighted by Gasteiger charge is 2.32. The van der Waals surface area contributed by atoms with Gasteiger partial charge in [0.2, 0.25) is 10.0 Å². The molecule has 23 heavy (non-hydrogen) atoms. The minimum atomic E-state index is -3.38. The molecule has 0 bridgehead atoms. The number of hydrogen-bond donors (Lipinski definition) is 2. The Balaban J connectivity index is 2.59. The summed E-state index contributed by atoms with van der Waals surface area (Å²) in [5, 5.41) is 2.74. The molecular weight excluding hydrogens is 340 g/mol. The van der Waals surface area contributed by atoms with Crippen LogP contribution in [0.25, 0.3) is 0 Å². The van der Waals surface area contributed by atoms with E-state index in [0.29, 0.717) is 31.6 Å². The van der Waals surface area contributed by atoms with Gasteiger partial charge >= 0.3 is 6.09 Å². The Morgan fingerprint density at radius 2 is 1.87 bits per heavy atom. The van der Waals surface area contributed by atoms with Crippen LogP contribution in [0.1, 0.15) is 59.3 Å². The zero-order valence-corrected chi connectivity index (χ0v) is 15.8. The van der Waals surface area contributed by atoms with Crippen LogP contribution in [0.5, 0.6) is 0 Å². The molecule has 0 aromatic heterocycles. The van der Waals surface area contributed by atoms with Gasteiger partial charge in [-0.05, 0) is 52.9 Å². The quantitative estimate of drug-likeness (QED) is 0.534. The third-order valence-corrected chi connectivity index (χ3v) is 5.32. The van der Waals surface area contributed by atoms with Crippen LogP contribution in [0.2, 0.25) is 0 Å². The average Bonchev–Trinajstić information content (AvgIpc) is 2.38. The summed E-state index contributed by atoms with van der Waals surface area (Å²) in [6.45, 7) is 5.60. The zero-order valence-electron chi connectivity index (χ0n) is 14.2. The zero-order chi connectivity index (χ0) is 17.5. The first kappa shape index (κ1) is 20.5. The minimum absolute atomic E-state index is 0.0527. The Hall–Kier alpha value is -0.530. The van der Waals surface area contributed by atoms with Crippen LogP contribution < -0.4 is 10.0 Å². The van der Waals surface area contributed by atoms with E-state index in [-0.39, 0.29) is 17.3 Å². The molecule has 1 amide bonds. The second-order valence-corrected chi connectivity index (χ2v) is 9.29. The SMILES string of the molecule is CC(C)(C)NC(=O)OC1CCCCC1NS(=O)(=O)CCCCCl. The third kappa shape index (κ3) is 8.77. The molecule has 1 fully saturated rings. The van der Waals surface area contributed by atoms with Crippen LogP contribution in [0.15, 0.2) is 0 Å². The molecule has 1 rings (SSSR count). The molecule has 0 saturated heterocycles. The Labute approximate surface area is 144 Å². The Morgan fingerprint density at radius 1 is 1.22 bits per heavy atom. The molecule has 0 spiro atoms. The maximum atomic E-state index is 12.1. The standard InChI is InChI=1S/C15H29ClN2O4S/c1-15(2,3)17-14(19)22-13-9-5-4-8-12(13)18-23(20,21)11-7-6-10-16/h12-13,18H,4-11H2,1-3H3,(H,17,19). The van der Waals surface area contributed by atoms with Crippen molar-refractivity contribution >= 4 is 27.7 Å². The van der Waals surface area contributed by atoms with Crippen LogP contribution in [-0.4, -0.2) is 43.8 Å². The van der Waals surface area contributed by atoms with Crippen molar-refractivity contribution in [3.63, 3.8) is 0 Å². The molecule has 1 aliphatic rings. The largest absolute Gasteiger partial charge is 0.445 e. The molecule has 0 aromatic carbocycles. The number of halogens is 1. The third-order valence-electron chi connectivity index (χ3n) is 3.57. The first-order valence-corrected chi connectivity index (χ1v) is 10.4. The number of rotatable bonds is 7. The van der Waals surface area contributed by atoms with E-state index in [1.54, 1.807) is 0 Å². The van der Waals surface area contributed by atoms with E-state index in [4.69, 9.17) is 16.3 Å². The molecule has 0 aliphatic heterocycles. The molecule has 2 atom stereocenters. The summed E-state index contributed by atoms with van der Waals surface area (Å²) in [6, 6.07) is -0.351. The highest BCUT2D eigenvalue weighted by atomic mass is 35.5. The molecule has 8 heteroatoms. The monoisotopic (exact) mass is 368 g/mol. The molecule has 2 unspecified atom stereocenters. The molecule has 2 N–H and O–H groups in total. The molecule has 0 aromatic rings. The van der Waals surface area contributed by atoms with Gasteiger partial charge < -0.3 is 10.1 Å². The van der Waals surface area contributed by atoms with E-state index in [9.17, 15) is 13.2 Å². The van der Waals surface area contributed by atoms with E-state index in [2.05, 4.69) is 10.0 Å². The summed E-state index contributed by atoms with van der Waals surface area (Å²) < 4.78 is 32.4. The predicted octanol–water partition coefficient (Wildman–Crippen LogP) is 2.76. The number of nitrogens with one attached hydrogen (secondary N) is 2. The lowest BCUT2D eigenvalue weighted by Crippen LogP contribution is -2.50. The van der Waals surface area contributed by atoms with Gasteiger partial charge in [0.1, 0.15) is 6.10 Å². The number of carbonyl (C=O) groups is 1. The lowest BCUT2D eigenvalue weighted by atomic mass is 9.93. The molecule has 1 saturated carbocycles. The van der Waals surface area contributed by atoms with E-state index in [1.807, 2.05) is 20.8 Å². The van der Waals surface area contributed by atoms with Crippen LogP contribution in [0, 0.1) is 0 Å². The van der Waals surface area contributed by atoms with Gasteiger partial charge in [-0.3, -0.25) is 0 Å². The van der Waals surface area contributed by atoms with Crippen molar-refractivity contribution in [1.29, 1.82) is 0 Å². The number of hydrogen-bond acceptors (Lipinski definition) is 4. The van der Waals surface area contributed by atoms with Crippen LogP contribution in [0.4, 0.5) is 4.79 Å². The van der Waals surface area contributed by atoms with E-state index < -0.39 is 22.2 Å². The van der Waals surface area contributed by atoms with Crippen LogP contribution in [0.3, 0.4) is 0 Å². The molecule has 0 heterocycles. The number of alkyl carbamates (subject to hydrolysis) is 1. The first-order chi connectivity index (χ1) is 10.6.